The van der Waals surface area contributed by atoms with Crippen molar-refractivity contribution in [2.75, 3.05) is 21.3 Å². The lowest BCUT2D eigenvalue weighted by Crippen LogP contribution is -2.56. The van der Waals surface area contributed by atoms with Crippen molar-refractivity contribution in [2.24, 2.45) is 5.92 Å². The van der Waals surface area contributed by atoms with Crippen LogP contribution in [-0.4, -0.2) is 73.1 Å². The topological polar surface area (TPSA) is 76.2 Å². The number of rotatable bonds is 7. The van der Waals surface area contributed by atoms with Crippen LogP contribution in [0.25, 0.3) is 0 Å². The maximum absolute atomic E-state index is 13.4. The van der Waals surface area contributed by atoms with Gasteiger partial charge in [-0.2, -0.15) is 0 Å². The first-order valence-corrected chi connectivity index (χ1v) is 10.1. The second-order valence-electron chi connectivity index (χ2n) is 7.80. The first-order valence-electron chi connectivity index (χ1n) is 10.1. The Morgan fingerprint density at radius 3 is 2.41 bits per heavy atom. The van der Waals surface area contributed by atoms with Crippen LogP contribution in [0.5, 0.6) is 0 Å². The van der Waals surface area contributed by atoms with Crippen LogP contribution in [0, 0.1) is 5.92 Å². The van der Waals surface area contributed by atoms with E-state index in [4.69, 9.17) is 9.47 Å². The minimum atomic E-state index is -0.520. The summed E-state index contributed by atoms with van der Waals surface area (Å²) in [5, 5.41) is 0. The number of likely N-dealkylation sites (tertiary alicyclic amines) is 1. The summed E-state index contributed by atoms with van der Waals surface area (Å²) in [7, 11) is 4.52. The number of ether oxygens (including phenoxy) is 2. The van der Waals surface area contributed by atoms with Gasteiger partial charge in [0.25, 0.3) is 0 Å². The van der Waals surface area contributed by atoms with Crippen LogP contribution in [0.15, 0.2) is 0 Å². The highest BCUT2D eigenvalue weighted by atomic mass is 16.5. The molecule has 0 N–H and O–H groups in total. The van der Waals surface area contributed by atoms with Crippen LogP contribution < -0.4 is 0 Å². The molecule has 1 aliphatic heterocycles. The molecule has 1 saturated carbocycles. The first kappa shape index (κ1) is 21.7. The number of hydrogen-bond acceptors (Lipinski definition) is 6. The molecule has 2 rings (SSSR count). The fraction of sp³-hybridized carbons (Fsp3) is 0.850. The van der Waals surface area contributed by atoms with Crippen molar-refractivity contribution in [3.8, 4) is 0 Å². The predicted molar refractivity (Wildman–Crippen MR) is 101 cm³/mol. The molecule has 1 aliphatic carbocycles. The number of nitrogens with zero attached hydrogens (tertiary/aromatic N) is 2. The standard InChI is InChI=1S/C20H34N2O5/c1-6-9-16(19(24)26-4)21(3)13(2)18(23)22-15-11-8-7-10-14(15)12-17(22)20(25)27-5/h13-17H,6-12H2,1-5H3/t13-,14+,15+,16?,17-/m1/s1. The van der Waals surface area contributed by atoms with Gasteiger partial charge in [-0.15, -0.1) is 0 Å². The number of methoxy groups -OCH3 is 2. The molecule has 0 aromatic rings. The molecule has 2 fully saturated rings. The highest BCUT2D eigenvalue weighted by Gasteiger charge is 2.49. The van der Waals surface area contributed by atoms with E-state index in [0.717, 1.165) is 32.1 Å². The number of fused-ring (bicyclic) bond motifs is 1. The lowest BCUT2D eigenvalue weighted by molar-refractivity contribution is -0.156. The van der Waals surface area contributed by atoms with Crippen molar-refractivity contribution in [3.05, 3.63) is 0 Å². The van der Waals surface area contributed by atoms with Crippen LogP contribution in [0.2, 0.25) is 0 Å². The zero-order chi connectivity index (χ0) is 20.1. The van der Waals surface area contributed by atoms with E-state index in [2.05, 4.69) is 0 Å². The molecule has 7 nitrogen and oxygen atoms in total. The highest BCUT2D eigenvalue weighted by molar-refractivity contribution is 5.89. The SMILES string of the molecule is CCCC(C(=O)OC)N(C)[C@H](C)C(=O)N1[C@@H](C(=O)OC)C[C@@H]2CCCC[C@@H]21. The van der Waals surface area contributed by atoms with Crippen molar-refractivity contribution in [3.63, 3.8) is 0 Å². The third kappa shape index (κ3) is 4.45. The Balaban J connectivity index is 2.23. The van der Waals surface area contributed by atoms with E-state index in [9.17, 15) is 14.4 Å². The molecule has 1 amide bonds. The molecule has 0 aromatic carbocycles. The quantitative estimate of drug-likeness (QED) is 0.627. The molecular formula is C20H34N2O5. The maximum Gasteiger partial charge on any atom is 0.328 e. The second kappa shape index (κ2) is 9.53. The van der Waals surface area contributed by atoms with Crippen LogP contribution in [0.3, 0.4) is 0 Å². The summed E-state index contributed by atoms with van der Waals surface area (Å²) >= 11 is 0. The Morgan fingerprint density at radius 1 is 1.15 bits per heavy atom. The van der Waals surface area contributed by atoms with Gasteiger partial charge in [0, 0.05) is 6.04 Å². The Labute approximate surface area is 162 Å². The first-order chi connectivity index (χ1) is 12.9. The molecule has 154 valence electrons. The number of amides is 1. The van der Waals surface area contributed by atoms with Gasteiger partial charge in [0.1, 0.15) is 12.1 Å². The number of likely N-dealkylation sites (N-methyl/N-ethyl adjacent to an activating group) is 1. The van der Waals surface area contributed by atoms with Crippen molar-refractivity contribution >= 4 is 17.8 Å². The van der Waals surface area contributed by atoms with Gasteiger partial charge < -0.3 is 14.4 Å². The van der Waals surface area contributed by atoms with Crippen molar-refractivity contribution in [1.29, 1.82) is 0 Å². The minimum Gasteiger partial charge on any atom is -0.468 e. The molecule has 1 unspecified atom stereocenters. The lowest BCUT2D eigenvalue weighted by Gasteiger charge is -2.38. The molecule has 0 bridgehead atoms. The van der Waals surface area contributed by atoms with Gasteiger partial charge in [0.2, 0.25) is 5.91 Å². The Bertz CT molecular complexity index is 552. The fourth-order valence-corrected chi connectivity index (χ4v) is 4.68. The predicted octanol–water partition coefficient (Wildman–Crippen LogP) is 1.98. The van der Waals surface area contributed by atoms with Gasteiger partial charge in [0.15, 0.2) is 0 Å². The Morgan fingerprint density at radius 2 is 1.81 bits per heavy atom. The van der Waals surface area contributed by atoms with Crippen LogP contribution in [-0.2, 0) is 23.9 Å². The molecule has 27 heavy (non-hydrogen) atoms. The van der Waals surface area contributed by atoms with E-state index in [1.54, 1.807) is 23.8 Å². The number of carbonyl (C=O) groups excluding carboxylic acids is 3. The fourth-order valence-electron chi connectivity index (χ4n) is 4.68. The molecule has 2 aliphatic rings. The zero-order valence-corrected chi connectivity index (χ0v) is 17.3. The van der Waals surface area contributed by atoms with Gasteiger partial charge in [0.05, 0.1) is 20.3 Å². The molecule has 0 aromatic heterocycles. The van der Waals surface area contributed by atoms with Gasteiger partial charge in [-0.05, 0) is 45.6 Å². The van der Waals surface area contributed by atoms with Crippen molar-refractivity contribution in [1.82, 2.24) is 9.80 Å². The van der Waals surface area contributed by atoms with E-state index in [1.807, 2.05) is 6.92 Å². The maximum atomic E-state index is 13.4. The van der Waals surface area contributed by atoms with E-state index in [1.165, 1.54) is 14.2 Å². The molecular weight excluding hydrogens is 348 g/mol. The van der Waals surface area contributed by atoms with Gasteiger partial charge in [-0.25, -0.2) is 4.79 Å². The summed E-state index contributed by atoms with van der Waals surface area (Å²) in [6, 6.07) is -1.42. The smallest absolute Gasteiger partial charge is 0.328 e. The van der Waals surface area contributed by atoms with E-state index >= 15 is 0 Å². The molecule has 0 radical (unpaired) electrons. The number of carbonyl (C=O) groups is 3. The summed E-state index contributed by atoms with van der Waals surface area (Å²) in [4.78, 5) is 41.5. The zero-order valence-electron chi connectivity index (χ0n) is 17.3. The molecule has 1 saturated heterocycles. The second-order valence-corrected chi connectivity index (χ2v) is 7.80. The third-order valence-corrected chi connectivity index (χ3v) is 6.31. The summed E-state index contributed by atoms with van der Waals surface area (Å²) in [6.45, 7) is 3.80. The van der Waals surface area contributed by atoms with Crippen LogP contribution in [0.1, 0.15) is 58.8 Å². The molecule has 0 spiro atoms. The Hall–Kier alpha value is -1.63. The Kier molecular flexibility index (Phi) is 7.65. The van der Waals surface area contributed by atoms with Crippen LogP contribution >= 0.6 is 0 Å². The van der Waals surface area contributed by atoms with E-state index < -0.39 is 18.1 Å². The monoisotopic (exact) mass is 382 g/mol. The molecule has 7 heteroatoms. The molecule has 5 atom stereocenters. The van der Waals surface area contributed by atoms with Gasteiger partial charge in [-0.3, -0.25) is 14.5 Å². The normalized spacial score (nSPS) is 27.0. The van der Waals surface area contributed by atoms with Crippen molar-refractivity contribution in [2.45, 2.75) is 83.0 Å². The third-order valence-electron chi connectivity index (χ3n) is 6.31. The number of esters is 2. The number of hydrogen-bond donors (Lipinski definition) is 0. The molecule has 1 heterocycles. The average Bonchev–Trinajstić information content (AvgIpc) is 3.08. The van der Waals surface area contributed by atoms with Gasteiger partial charge in [-0.1, -0.05) is 26.2 Å². The van der Waals surface area contributed by atoms with Gasteiger partial charge >= 0.3 is 11.9 Å². The highest BCUT2D eigenvalue weighted by Crippen LogP contribution is 2.40. The van der Waals surface area contributed by atoms with E-state index in [-0.39, 0.29) is 23.9 Å². The summed E-state index contributed by atoms with van der Waals surface area (Å²) in [6.07, 6.45) is 6.30. The lowest BCUT2D eigenvalue weighted by atomic mass is 9.84. The minimum absolute atomic E-state index is 0.0916. The summed E-state index contributed by atoms with van der Waals surface area (Å²) in [5.74, 6) is -0.421. The van der Waals surface area contributed by atoms with E-state index in [0.29, 0.717) is 18.8 Å². The average molecular weight is 383 g/mol. The summed E-state index contributed by atoms with van der Waals surface area (Å²) in [5.41, 5.74) is 0. The largest absolute Gasteiger partial charge is 0.468 e. The van der Waals surface area contributed by atoms with Crippen molar-refractivity contribution < 1.29 is 23.9 Å². The van der Waals surface area contributed by atoms with Crippen LogP contribution in [0.4, 0.5) is 0 Å². The summed E-state index contributed by atoms with van der Waals surface area (Å²) < 4.78 is 9.91.